The van der Waals surface area contributed by atoms with Gasteiger partial charge in [-0.1, -0.05) is 11.1 Å². The highest BCUT2D eigenvalue weighted by Gasteiger charge is 2.41. The maximum Gasteiger partial charge on any atom is 0.243 e. The molecule has 0 unspecified atom stereocenters. The molecule has 0 aromatic rings. The third-order valence-corrected chi connectivity index (χ3v) is 7.66. The molecule has 2 fully saturated rings. The molecule has 0 aliphatic carbocycles. The van der Waals surface area contributed by atoms with Crippen molar-refractivity contribution < 1.29 is 9.59 Å². The minimum Gasteiger partial charge on any atom is -0.351 e. The van der Waals surface area contributed by atoms with Gasteiger partial charge in [-0.05, 0) is 95.2 Å². The van der Waals surface area contributed by atoms with Crippen LogP contribution >= 0.6 is 0 Å². The molecule has 32 heavy (non-hydrogen) atoms. The Bertz CT molecular complexity index is 684. The SMILES string of the molecule is CN1C(C)(C)CC(=CC(=O)NCCNC(=O)C=C2CC(C)(C)N(C)C(C)(C)C2)CC1(C)C. The van der Waals surface area contributed by atoms with Crippen molar-refractivity contribution in [3.05, 3.63) is 23.3 Å². The van der Waals surface area contributed by atoms with Gasteiger partial charge in [0.15, 0.2) is 0 Å². The summed E-state index contributed by atoms with van der Waals surface area (Å²) >= 11 is 0. The fraction of sp³-hybridized carbons (Fsp3) is 0.769. The Morgan fingerprint density at radius 3 is 1.16 bits per heavy atom. The summed E-state index contributed by atoms with van der Waals surface area (Å²) in [4.78, 5) is 29.6. The van der Waals surface area contributed by atoms with Gasteiger partial charge in [0.2, 0.25) is 11.8 Å². The molecule has 0 spiro atoms. The van der Waals surface area contributed by atoms with Crippen molar-refractivity contribution in [3.63, 3.8) is 0 Å². The van der Waals surface area contributed by atoms with Crippen LogP contribution in [0, 0.1) is 0 Å². The molecule has 0 atom stereocenters. The predicted octanol–water partition coefficient (Wildman–Crippen LogP) is 3.64. The van der Waals surface area contributed by atoms with Gasteiger partial charge in [-0.3, -0.25) is 19.4 Å². The summed E-state index contributed by atoms with van der Waals surface area (Å²) in [5.41, 5.74) is 2.44. The first-order valence-electron chi connectivity index (χ1n) is 11.9. The number of nitrogens with one attached hydrogen (secondary N) is 2. The van der Waals surface area contributed by atoms with Crippen LogP contribution in [0.25, 0.3) is 0 Å². The van der Waals surface area contributed by atoms with Gasteiger partial charge >= 0.3 is 0 Å². The molecule has 2 rings (SSSR count). The molecule has 2 N–H and O–H groups in total. The number of carbonyl (C=O) groups is 2. The Balaban J connectivity index is 1.83. The van der Waals surface area contributed by atoms with Gasteiger partial charge < -0.3 is 10.6 Å². The molecule has 0 aromatic carbocycles. The van der Waals surface area contributed by atoms with Gasteiger partial charge in [0.05, 0.1) is 0 Å². The number of carbonyl (C=O) groups excluding carboxylic acids is 2. The van der Waals surface area contributed by atoms with E-state index in [-0.39, 0.29) is 34.0 Å². The number of likely N-dealkylation sites (tertiary alicyclic amines) is 2. The van der Waals surface area contributed by atoms with E-state index in [0.717, 1.165) is 25.7 Å². The number of nitrogens with zero attached hydrogens (tertiary/aromatic N) is 2. The van der Waals surface area contributed by atoms with E-state index >= 15 is 0 Å². The van der Waals surface area contributed by atoms with Gasteiger partial charge in [0, 0.05) is 47.4 Å². The Morgan fingerprint density at radius 2 is 0.906 bits per heavy atom. The van der Waals surface area contributed by atoms with Crippen molar-refractivity contribution in [2.75, 3.05) is 27.2 Å². The summed E-state index contributed by atoms with van der Waals surface area (Å²) in [6.45, 7) is 18.6. The van der Waals surface area contributed by atoms with Crippen LogP contribution in [0.4, 0.5) is 0 Å². The van der Waals surface area contributed by atoms with Crippen molar-refractivity contribution in [2.45, 2.75) is 103 Å². The van der Waals surface area contributed by atoms with Crippen LogP contribution in [0.2, 0.25) is 0 Å². The highest BCUT2D eigenvalue weighted by molar-refractivity contribution is 5.89. The number of rotatable bonds is 5. The first-order chi connectivity index (χ1) is 14.5. The molecule has 2 heterocycles. The lowest BCUT2D eigenvalue weighted by Crippen LogP contribution is -2.57. The van der Waals surface area contributed by atoms with E-state index < -0.39 is 0 Å². The molecule has 2 amide bonds. The summed E-state index contributed by atoms with van der Waals surface area (Å²) in [6, 6.07) is 0. The highest BCUT2D eigenvalue weighted by Crippen LogP contribution is 2.40. The molecule has 0 saturated carbocycles. The molecule has 0 radical (unpaired) electrons. The van der Waals surface area contributed by atoms with Gasteiger partial charge in [-0.15, -0.1) is 0 Å². The zero-order chi connectivity index (χ0) is 24.5. The van der Waals surface area contributed by atoms with Gasteiger partial charge in [0.25, 0.3) is 0 Å². The molecule has 0 bridgehead atoms. The van der Waals surface area contributed by atoms with E-state index in [9.17, 15) is 9.59 Å². The molecular weight excluding hydrogens is 400 g/mol. The maximum atomic E-state index is 12.4. The predicted molar refractivity (Wildman–Crippen MR) is 132 cm³/mol. The number of hydrogen-bond acceptors (Lipinski definition) is 4. The second kappa shape index (κ2) is 9.30. The second-order valence-electron chi connectivity index (χ2n) is 12.3. The van der Waals surface area contributed by atoms with Crippen LogP contribution in [0.5, 0.6) is 0 Å². The van der Waals surface area contributed by atoms with Crippen LogP contribution in [-0.4, -0.2) is 71.0 Å². The number of hydrogen-bond donors (Lipinski definition) is 2. The molecular formula is C26H46N4O2. The largest absolute Gasteiger partial charge is 0.351 e. The van der Waals surface area contributed by atoms with E-state index in [2.05, 4.69) is 89.9 Å². The number of piperidine rings is 2. The highest BCUT2D eigenvalue weighted by atomic mass is 16.2. The summed E-state index contributed by atoms with van der Waals surface area (Å²) in [5.74, 6) is -0.162. The van der Waals surface area contributed by atoms with Crippen molar-refractivity contribution in [3.8, 4) is 0 Å². The zero-order valence-electron chi connectivity index (χ0n) is 22.1. The lowest BCUT2D eigenvalue weighted by atomic mass is 9.77. The third kappa shape index (κ3) is 6.44. The minimum absolute atomic E-state index is 0.0202. The van der Waals surface area contributed by atoms with E-state index in [0.29, 0.717) is 13.1 Å². The van der Waals surface area contributed by atoms with Crippen LogP contribution in [0.15, 0.2) is 23.3 Å². The standard InChI is InChI=1S/C26H46N4O2/c1-23(2)15-19(16-24(3,4)29(23)9)13-21(31)27-11-12-28-22(32)14-20-17-25(5,6)30(10)26(7,8)18-20/h13-14H,11-12,15-18H2,1-10H3,(H,27,31)(H,28,32). The molecule has 2 saturated heterocycles. The van der Waals surface area contributed by atoms with Crippen molar-refractivity contribution >= 4 is 11.8 Å². The zero-order valence-corrected chi connectivity index (χ0v) is 22.1. The van der Waals surface area contributed by atoms with Crippen LogP contribution in [-0.2, 0) is 9.59 Å². The van der Waals surface area contributed by atoms with E-state index in [1.807, 2.05) is 0 Å². The van der Waals surface area contributed by atoms with E-state index in [1.165, 1.54) is 11.1 Å². The monoisotopic (exact) mass is 446 g/mol. The smallest absolute Gasteiger partial charge is 0.243 e. The van der Waals surface area contributed by atoms with Crippen molar-refractivity contribution in [1.29, 1.82) is 0 Å². The summed E-state index contributed by atoms with van der Waals surface area (Å²) in [6.07, 6.45) is 7.03. The topological polar surface area (TPSA) is 64.7 Å². The molecule has 6 nitrogen and oxygen atoms in total. The van der Waals surface area contributed by atoms with Gasteiger partial charge in [-0.25, -0.2) is 0 Å². The fourth-order valence-electron chi connectivity index (χ4n) is 5.51. The summed E-state index contributed by atoms with van der Waals surface area (Å²) in [5, 5.41) is 5.83. The Morgan fingerprint density at radius 1 is 0.656 bits per heavy atom. The Kier molecular flexibility index (Phi) is 7.73. The fourth-order valence-corrected chi connectivity index (χ4v) is 5.51. The average molecular weight is 447 g/mol. The lowest BCUT2D eigenvalue weighted by Gasteiger charge is -2.51. The van der Waals surface area contributed by atoms with Crippen LogP contribution in [0.3, 0.4) is 0 Å². The quantitative estimate of drug-likeness (QED) is 0.500. The first-order valence-corrected chi connectivity index (χ1v) is 11.9. The molecule has 2 aliphatic heterocycles. The third-order valence-electron chi connectivity index (χ3n) is 7.66. The van der Waals surface area contributed by atoms with Crippen LogP contribution in [0.1, 0.15) is 81.1 Å². The van der Waals surface area contributed by atoms with E-state index in [1.54, 1.807) is 12.2 Å². The molecule has 0 aromatic heterocycles. The first kappa shape index (κ1) is 26.6. The normalized spacial score (nSPS) is 24.6. The Hall–Kier alpha value is -1.66. The van der Waals surface area contributed by atoms with Crippen molar-refractivity contribution in [2.24, 2.45) is 0 Å². The lowest BCUT2D eigenvalue weighted by molar-refractivity contribution is -0.118. The molecule has 2 aliphatic rings. The molecule has 182 valence electrons. The maximum absolute atomic E-state index is 12.4. The molecule has 6 heteroatoms. The van der Waals surface area contributed by atoms with Gasteiger partial charge in [-0.2, -0.15) is 0 Å². The average Bonchev–Trinajstić information content (AvgIpc) is 2.60. The Labute approximate surface area is 195 Å². The van der Waals surface area contributed by atoms with Crippen LogP contribution < -0.4 is 10.6 Å². The van der Waals surface area contributed by atoms with Gasteiger partial charge in [0.1, 0.15) is 0 Å². The second-order valence-corrected chi connectivity index (χ2v) is 12.3. The summed E-state index contributed by atoms with van der Waals surface area (Å²) in [7, 11) is 4.31. The number of amides is 2. The van der Waals surface area contributed by atoms with Crippen molar-refractivity contribution in [1.82, 2.24) is 20.4 Å². The minimum atomic E-state index is -0.0810. The van der Waals surface area contributed by atoms with E-state index in [4.69, 9.17) is 0 Å². The summed E-state index contributed by atoms with van der Waals surface area (Å²) < 4.78 is 0.